The van der Waals surface area contributed by atoms with Crippen molar-refractivity contribution in [3.8, 4) is 6.07 Å². The Balaban J connectivity index is 2.79. The molecule has 64 valence electrons. The molecule has 0 fully saturated rings. The van der Waals surface area contributed by atoms with Crippen molar-refractivity contribution in [1.29, 1.82) is 5.26 Å². The predicted molar refractivity (Wildman–Crippen MR) is 53.8 cm³/mol. The van der Waals surface area contributed by atoms with Gasteiger partial charge in [0.15, 0.2) is 0 Å². The maximum Gasteiger partial charge on any atom is 0.137 e. The van der Waals surface area contributed by atoms with E-state index in [0.29, 0.717) is 9.77 Å². The Kier molecular flexibility index (Phi) is 1.98. The van der Waals surface area contributed by atoms with E-state index in [1.54, 1.807) is 12.1 Å². The molecule has 13 heavy (non-hydrogen) atoms. The Hall–Kier alpha value is -1.05. The molecule has 0 atom stereocenters. The van der Waals surface area contributed by atoms with Crippen molar-refractivity contribution in [2.45, 2.75) is 4.90 Å². The van der Waals surface area contributed by atoms with E-state index in [-0.39, 0.29) is 5.82 Å². The molecular formula is C9H4FNS2. The van der Waals surface area contributed by atoms with Crippen LogP contribution in [0.25, 0.3) is 10.1 Å². The number of thiophene rings is 1. The second-order valence-electron chi connectivity index (χ2n) is 2.56. The Morgan fingerprint density at radius 2 is 2.15 bits per heavy atom. The maximum atomic E-state index is 13.0. The van der Waals surface area contributed by atoms with Crippen LogP contribution >= 0.6 is 24.0 Å². The van der Waals surface area contributed by atoms with Crippen molar-refractivity contribution in [3.63, 3.8) is 0 Å². The quantitative estimate of drug-likeness (QED) is 0.662. The normalized spacial score (nSPS) is 10.2. The average Bonchev–Trinajstić information content (AvgIpc) is 2.48. The van der Waals surface area contributed by atoms with Gasteiger partial charge in [0.1, 0.15) is 16.8 Å². The van der Waals surface area contributed by atoms with Gasteiger partial charge in [-0.15, -0.1) is 24.0 Å². The van der Waals surface area contributed by atoms with E-state index in [2.05, 4.69) is 12.6 Å². The number of fused-ring (bicyclic) bond motifs is 1. The van der Waals surface area contributed by atoms with Crippen LogP contribution in [0.5, 0.6) is 0 Å². The van der Waals surface area contributed by atoms with Crippen molar-refractivity contribution < 1.29 is 4.39 Å². The van der Waals surface area contributed by atoms with Crippen LogP contribution in [-0.4, -0.2) is 0 Å². The number of nitriles is 1. The summed E-state index contributed by atoms with van der Waals surface area (Å²) in [4.78, 5) is 0.906. The molecule has 1 nitrogen and oxygen atoms in total. The number of benzene rings is 1. The summed E-state index contributed by atoms with van der Waals surface area (Å²) in [5.74, 6) is -0.345. The molecule has 0 aliphatic rings. The first kappa shape index (κ1) is 8.54. The molecule has 0 amide bonds. The van der Waals surface area contributed by atoms with Gasteiger partial charge in [0.2, 0.25) is 0 Å². The van der Waals surface area contributed by atoms with E-state index < -0.39 is 0 Å². The minimum Gasteiger partial charge on any atom is -0.206 e. The van der Waals surface area contributed by atoms with E-state index in [4.69, 9.17) is 5.26 Å². The topological polar surface area (TPSA) is 23.8 Å². The molecule has 0 unspecified atom stereocenters. The van der Waals surface area contributed by atoms with Crippen LogP contribution in [0.3, 0.4) is 0 Å². The molecule has 2 rings (SSSR count). The van der Waals surface area contributed by atoms with Crippen molar-refractivity contribution in [1.82, 2.24) is 0 Å². The van der Waals surface area contributed by atoms with Crippen LogP contribution in [0.2, 0.25) is 0 Å². The van der Waals surface area contributed by atoms with Crippen molar-refractivity contribution in [3.05, 3.63) is 28.9 Å². The number of hydrogen-bond acceptors (Lipinski definition) is 3. The first-order chi connectivity index (χ1) is 6.20. The Morgan fingerprint density at radius 3 is 2.85 bits per heavy atom. The summed E-state index contributed by atoms with van der Waals surface area (Å²) in [5, 5.41) is 9.49. The average molecular weight is 209 g/mol. The molecule has 0 saturated carbocycles. The lowest BCUT2D eigenvalue weighted by Crippen LogP contribution is -1.74. The largest absolute Gasteiger partial charge is 0.206 e. The number of rotatable bonds is 0. The first-order valence-corrected chi connectivity index (χ1v) is 4.79. The molecule has 0 bridgehead atoms. The smallest absolute Gasteiger partial charge is 0.137 e. The third-order valence-electron chi connectivity index (χ3n) is 1.70. The van der Waals surface area contributed by atoms with E-state index >= 15 is 0 Å². The zero-order valence-electron chi connectivity index (χ0n) is 6.41. The standard InChI is InChI=1S/C9H4FNS2/c10-7-3-9-5(2-8(7)12)1-6(4-11)13-9/h1-3,12H. The molecule has 2 aromatic rings. The first-order valence-electron chi connectivity index (χ1n) is 3.53. The monoisotopic (exact) mass is 209 g/mol. The molecular weight excluding hydrogens is 205 g/mol. The fraction of sp³-hybridized carbons (Fsp3) is 0. The maximum absolute atomic E-state index is 13.0. The van der Waals surface area contributed by atoms with E-state index in [1.807, 2.05) is 6.07 Å². The van der Waals surface area contributed by atoms with E-state index in [0.717, 1.165) is 10.1 Å². The molecule has 1 heterocycles. The molecule has 0 radical (unpaired) electrons. The lowest BCUT2D eigenvalue weighted by atomic mass is 10.2. The van der Waals surface area contributed by atoms with Gasteiger partial charge in [0.25, 0.3) is 0 Å². The third kappa shape index (κ3) is 1.41. The molecule has 0 N–H and O–H groups in total. The molecule has 0 saturated heterocycles. The van der Waals surface area contributed by atoms with Gasteiger partial charge < -0.3 is 0 Å². The van der Waals surface area contributed by atoms with Gasteiger partial charge in [-0.25, -0.2) is 4.39 Å². The van der Waals surface area contributed by atoms with Gasteiger partial charge in [-0.2, -0.15) is 5.26 Å². The Bertz CT molecular complexity index is 471. The van der Waals surface area contributed by atoms with Crippen LogP contribution < -0.4 is 0 Å². The molecule has 1 aromatic carbocycles. The lowest BCUT2D eigenvalue weighted by Gasteiger charge is -1.93. The number of halogens is 1. The highest BCUT2D eigenvalue weighted by Crippen LogP contribution is 2.28. The van der Waals surface area contributed by atoms with Gasteiger partial charge in [-0.05, 0) is 23.6 Å². The summed E-state index contributed by atoms with van der Waals surface area (Å²) in [6.45, 7) is 0. The van der Waals surface area contributed by atoms with Gasteiger partial charge >= 0.3 is 0 Å². The minimum atomic E-state index is -0.345. The summed E-state index contributed by atoms with van der Waals surface area (Å²) < 4.78 is 13.8. The summed E-state index contributed by atoms with van der Waals surface area (Å²) in [5.41, 5.74) is 0. The number of hydrogen-bond donors (Lipinski definition) is 1. The molecule has 0 aliphatic heterocycles. The van der Waals surface area contributed by atoms with Gasteiger partial charge in [0, 0.05) is 9.60 Å². The van der Waals surface area contributed by atoms with Crippen molar-refractivity contribution in [2.24, 2.45) is 0 Å². The van der Waals surface area contributed by atoms with Crippen LogP contribution in [0.4, 0.5) is 4.39 Å². The van der Waals surface area contributed by atoms with Crippen molar-refractivity contribution in [2.75, 3.05) is 0 Å². The van der Waals surface area contributed by atoms with E-state index in [9.17, 15) is 4.39 Å². The highest BCUT2D eigenvalue weighted by atomic mass is 32.1. The summed E-state index contributed by atoms with van der Waals surface area (Å²) in [6, 6.07) is 6.80. The highest BCUT2D eigenvalue weighted by Gasteiger charge is 2.05. The van der Waals surface area contributed by atoms with Crippen LogP contribution in [0.15, 0.2) is 23.1 Å². The summed E-state index contributed by atoms with van der Waals surface area (Å²) in [6.07, 6.45) is 0. The second kappa shape index (κ2) is 3.02. The Morgan fingerprint density at radius 1 is 1.38 bits per heavy atom. The Labute approximate surface area is 83.8 Å². The number of thiol groups is 1. The fourth-order valence-corrected chi connectivity index (χ4v) is 2.18. The number of nitrogens with zero attached hydrogens (tertiary/aromatic N) is 1. The van der Waals surface area contributed by atoms with Crippen LogP contribution in [0.1, 0.15) is 4.88 Å². The van der Waals surface area contributed by atoms with Crippen molar-refractivity contribution >= 4 is 34.1 Å². The molecule has 0 spiro atoms. The SMILES string of the molecule is N#Cc1cc2cc(S)c(F)cc2s1. The van der Waals surface area contributed by atoms with Crippen LogP contribution in [0, 0.1) is 17.1 Å². The third-order valence-corrected chi connectivity index (χ3v) is 3.04. The van der Waals surface area contributed by atoms with Gasteiger partial charge in [0.05, 0.1) is 0 Å². The fourth-order valence-electron chi connectivity index (χ4n) is 1.11. The predicted octanol–water partition coefficient (Wildman–Crippen LogP) is 3.20. The van der Waals surface area contributed by atoms with Crippen LogP contribution in [-0.2, 0) is 0 Å². The van der Waals surface area contributed by atoms with Gasteiger partial charge in [-0.3, -0.25) is 0 Å². The zero-order valence-corrected chi connectivity index (χ0v) is 8.12. The second-order valence-corrected chi connectivity index (χ2v) is 4.13. The lowest BCUT2D eigenvalue weighted by molar-refractivity contribution is 0.605. The molecule has 1 aromatic heterocycles. The summed E-state index contributed by atoms with van der Waals surface area (Å²) in [7, 11) is 0. The zero-order chi connectivity index (χ0) is 9.42. The van der Waals surface area contributed by atoms with Gasteiger partial charge in [-0.1, -0.05) is 0 Å². The molecule has 4 heteroatoms. The minimum absolute atomic E-state index is 0.315. The molecule has 0 aliphatic carbocycles. The summed E-state index contributed by atoms with van der Waals surface area (Å²) >= 11 is 5.24. The van der Waals surface area contributed by atoms with E-state index in [1.165, 1.54) is 17.4 Å². The highest BCUT2D eigenvalue weighted by molar-refractivity contribution is 7.80.